The molecule has 7 heteroatoms. The van der Waals surface area contributed by atoms with Crippen LogP contribution in [0.3, 0.4) is 0 Å². The zero-order valence-corrected chi connectivity index (χ0v) is 13.2. The van der Waals surface area contributed by atoms with Crippen molar-refractivity contribution >= 4 is 29.0 Å². The van der Waals surface area contributed by atoms with Crippen LogP contribution >= 0.6 is 11.6 Å². The fourth-order valence-corrected chi connectivity index (χ4v) is 2.02. The van der Waals surface area contributed by atoms with Gasteiger partial charge in [-0.1, -0.05) is 11.6 Å². The first-order valence-corrected chi connectivity index (χ1v) is 7.10. The monoisotopic (exact) mass is 351 g/mol. The van der Waals surface area contributed by atoms with Gasteiger partial charge >= 0.3 is 0 Å². The SMILES string of the molecule is COc1ccc(Cl)cc1NC(=O)/C=C/C(=O)c1ccc(F)c(F)c1. The molecule has 4 nitrogen and oxygen atoms in total. The molecule has 0 saturated carbocycles. The van der Waals surface area contributed by atoms with Crippen molar-refractivity contribution in [2.75, 3.05) is 12.4 Å². The van der Waals surface area contributed by atoms with Gasteiger partial charge in [-0.15, -0.1) is 0 Å². The highest BCUT2D eigenvalue weighted by Crippen LogP contribution is 2.27. The lowest BCUT2D eigenvalue weighted by molar-refractivity contribution is -0.111. The standard InChI is InChI=1S/C17H12ClF2NO3/c1-24-16-6-3-11(18)9-14(16)21-17(23)7-5-15(22)10-2-4-12(19)13(20)8-10/h2-9H,1H3,(H,21,23)/b7-5+. The van der Waals surface area contributed by atoms with E-state index in [-0.39, 0.29) is 5.56 Å². The number of rotatable bonds is 5. The van der Waals surface area contributed by atoms with Crippen LogP contribution < -0.4 is 10.1 Å². The van der Waals surface area contributed by atoms with E-state index in [1.807, 2.05) is 0 Å². The van der Waals surface area contributed by atoms with Gasteiger partial charge in [-0.2, -0.15) is 0 Å². The molecule has 0 heterocycles. The maximum Gasteiger partial charge on any atom is 0.248 e. The van der Waals surface area contributed by atoms with Crippen LogP contribution in [0, 0.1) is 11.6 Å². The van der Waals surface area contributed by atoms with Crippen molar-refractivity contribution in [2.45, 2.75) is 0 Å². The van der Waals surface area contributed by atoms with E-state index >= 15 is 0 Å². The van der Waals surface area contributed by atoms with Crippen LogP contribution in [0.4, 0.5) is 14.5 Å². The van der Waals surface area contributed by atoms with E-state index in [1.165, 1.54) is 13.2 Å². The number of anilines is 1. The quantitative estimate of drug-likeness (QED) is 0.654. The number of allylic oxidation sites excluding steroid dienone is 1. The molecule has 2 aromatic rings. The topological polar surface area (TPSA) is 55.4 Å². The molecule has 1 amide bonds. The van der Waals surface area contributed by atoms with E-state index in [2.05, 4.69) is 5.32 Å². The molecule has 2 rings (SSSR count). The summed E-state index contributed by atoms with van der Waals surface area (Å²) in [4.78, 5) is 23.7. The minimum Gasteiger partial charge on any atom is -0.495 e. The number of carbonyl (C=O) groups excluding carboxylic acids is 2. The Balaban J connectivity index is 2.09. The van der Waals surface area contributed by atoms with Gasteiger partial charge in [0.2, 0.25) is 5.91 Å². The van der Waals surface area contributed by atoms with Crippen molar-refractivity contribution in [3.63, 3.8) is 0 Å². The summed E-state index contributed by atoms with van der Waals surface area (Å²) in [5.41, 5.74) is 0.262. The summed E-state index contributed by atoms with van der Waals surface area (Å²) in [6.07, 6.45) is 1.93. The highest BCUT2D eigenvalue weighted by molar-refractivity contribution is 6.31. The lowest BCUT2D eigenvalue weighted by atomic mass is 10.1. The van der Waals surface area contributed by atoms with Gasteiger partial charge in [0.05, 0.1) is 12.8 Å². The van der Waals surface area contributed by atoms with E-state index in [0.717, 1.165) is 30.4 Å². The highest BCUT2D eigenvalue weighted by Gasteiger charge is 2.09. The summed E-state index contributed by atoms with van der Waals surface area (Å²) in [5.74, 6) is -3.04. The number of amides is 1. The molecule has 0 spiro atoms. The molecule has 0 unspecified atom stereocenters. The van der Waals surface area contributed by atoms with E-state index in [0.29, 0.717) is 16.5 Å². The third kappa shape index (κ3) is 4.39. The van der Waals surface area contributed by atoms with Crippen molar-refractivity contribution in [2.24, 2.45) is 0 Å². The summed E-state index contributed by atoms with van der Waals surface area (Å²) in [7, 11) is 1.43. The van der Waals surface area contributed by atoms with Crippen molar-refractivity contribution in [1.29, 1.82) is 0 Å². The Hall–Kier alpha value is -2.73. The molecular weight excluding hydrogens is 340 g/mol. The predicted molar refractivity (Wildman–Crippen MR) is 86.5 cm³/mol. The number of benzene rings is 2. The van der Waals surface area contributed by atoms with Gasteiger partial charge in [-0.3, -0.25) is 9.59 Å². The fraction of sp³-hybridized carbons (Fsp3) is 0.0588. The minimum atomic E-state index is -1.14. The first-order valence-electron chi connectivity index (χ1n) is 6.72. The van der Waals surface area contributed by atoms with E-state index in [1.54, 1.807) is 12.1 Å². The smallest absolute Gasteiger partial charge is 0.248 e. The maximum absolute atomic E-state index is 13.1. The molecule has 124 valence electrons. The van der Waals surface area contributed by atoms with Crippen molar-refractivity contribution in [3.05, 3.63) is 70.8 Å². The summed E-state index contributed by atoms with van der Waals surface area (Å²) in [6, 6.07) is 7.39. The minimum absolute atomic E-state index is 0.0710. The van der Waals surface area contributed by atoms with Crippen LogP contribution in [-0.4, -0.2) is 18.8 Å². The van der Waals surface area contributed by atoms with E-state index < -0.39 is 23.3 Å². The second-order valence-corrected chi connectivity index (χ2v) is 5.10. The summed E-state index contributed by atoms with van der Waals surface area (Å²) in [6.45, 7) is 0. The molecule has 0 radical (unpaired) electrons. The number of halogens is 3. The number of methoxy groups -OCH3 is 1. The Morgan fingerprint density at radius 3 is 2.50 bits per heavy atom. The average molecular weight is 352 g/mol. The number of nitrogens with one attached hydrogen (secondary N) is 1. The third-order valence-corrected chi connectivity index (χ3v) is 3.24. The zero-order valence-electron chi connectivity index (χ0n) is 12.5. The Bertz CT molecular complexity index is 821. The van der Waals surface area contributed by atoms with Gasteiger partial charge in [0.25, 0.3) is 0 Å². The Morgan fingerprint density at radius 1 is 1.08 bits per heavy atom. The first kappa shape index (κ1) is 17.6. The zero-order chi connectivity index (χ0) is 17.7. The molecule has 0 aromatic heterocycles. The molecule has 1 N–H and O–H groups in total. The van der Waals surface area contributed by atoms with Crippen LogP contribution in [0.5, 0.6) is 5.75 Å². The predicted octanol–water partition coefficient (Wildman–Crippen LogP) is 4.00. The lowest BCUT2D eigenvalue weighted by Gasteiger charge is -2.08. The lowest BCUT2D eigenvalue weighted by Crippen LogP contribution is -2.10. The maximum atomic E-state index is 13.1. The number of ketones is 1. The molecular formula is C17H12ClF2NO3. The largest absolute Gasteiger partial charge is 0.495 e. The van der Waals surface area contributed by atoms with Gasteiger partial charge < -0.3 is 10.1 Å². The highest BCUT2D eigenvalue weighted by atomic mass is 35.5. The van der Waals surface area contributed by atoms with Crippen LogP contribution in [0.15, 0.2) is 48.6 Å². The molecule has 24 heavy (non-hydrogen) atoms. The normalized spacial score (nSPS) is 10.7. The molecule has 0 aliphatic rings. The Kier molecular flexibility index (Phi) is 5.65. The number of ether oxygens (including phenoxy) is 1. The van der Waals surface area contributed by atoms with Crippen molar-refractivity contribution in [3.8, 4) is 5.75 Å². The van der Waals surface area contributed by atoms with Crippen LogP contribution in [-0.2, 0) is 4.79 Å². The third-order valence-electron chi connectivity index (χ3n) is 3.01. The number of carbonyl (C=O) groups is 2. The second kappa shape index (κ2) is 7.70. The molecule has 0 saturated heterocycles. The van der Waals surface area contributed by atoms with Crippen LogP contribution in [0.25, 0.3) is 0 Å². The summed E-state index contributed by atoms with van der Waals surface area (Å²) >= 11 is 5.85. The molecule has 2 aromatic carbocycles. The van der Waals surface area contributed by atoms with Gasteiger partial charge in [-0.25, -0.2) is 8.78 Å². The Labute approximate surface area is 141 Å². The van der Waals surface area contributed by atoms with E-state index in [9.17, 15) is 18.4 Å². The number of hydrogen-bond donors (Lipinski definition) is 1. The molecule has 0 aliphatic carbocycles. The van der Waals surface area contributed by atoms with Crippen molar-refractivity contribution in [1.82, 2.24) is 0 Å². The van der Waals surface area contributed by atoms with Gasteiger partial charge in [0, 0.05) is 16.7 Å². The van der Waals surface area contributed by atoms with Gasteiger partial charge in [-0.05, 0) is 42.5 Å². The molecule has 0 atom stereocenters. The Morgan fingerprint density at radius 2 is 1.83 bits per heavy atom. The molecule has 0 fully saturated rings. The second-order valence-electron chi connectivity index (χ2n) is 4.66. The van der Waals surface area contributed by atoms with Gasteiger partial charge in [0.1, 0.15) is 5.75 Å². The molecule has 0 bridgehead atoms. The van der Waals surface area contributed by atoms with Crippen molar-refractivity contribution < 1.29 is 23.1 Å². The van der Waals surface area contributed by atoms with Crippen LogP contribution in [0.1, 0.15) is 10.4 Å². The number of hydrogen-bond acceptors (Lipinski definition) is 3. The summed E-state index contributed by atoms with van der Waals surface area (Å²) in [5, 5.41) is 2.90. The average Bonchev–Trinajstić information content (AvgIpc) is 2.55. The molecule has 0 aliphatic heterocycles. The van der Waals surface area contributed by atoms with Gasteiger partial charge in [0.15, 0.2) is 17.4 Å². The summed E-state index contributed by atoms with van der Waals surface area (Å²) < 4.78 is 31.0. The first-order chi connectivity index (χ1) is 11.4. The van der Waals surface area contributed by atoms with E-state index in [4.69, 9.17) is 16.3 Å². The van der Waals surface area contributed by atoms with Crippen LogP contribution in [0.2, 0.25) is 5.02 Å². The fourth-order valence-electron chi connectivity index (χ4n) is 1.85.